The van der Waals surface area contributed by atoms with Crippen LogP contribution in [0.3, 0.4) is 0 Å². The standard InChI is InChI=1S/C12H13NO3/c1-8-10(9-6-4-3-5-7-9)16-12(15)11(14)13(8)2/h3-8,10H,1-2H3/t8-,10-/m1/s1. The number of ether oxygens (including phenoxy) is 1. The fourth-order valence-corrected chi connectivity index (χ4v) is 1.79. The van der Waals surface area contributed by atoms with Gasteiger partial charge in [-0.05, 0) is 12.5 Å². The van der Waals surface area contributed by atoms with Crippen molar-refractivity contribution in [2.24, 2.45) is 0 Å². The molecule has 2 atom stereocenters. The van der Waals surface area contributed by atoms with E-state index in [1.165, 1.54) is 4.90 Å². The molecule has 1 aromatic carbocycles. The van der Waals surface area contributed by atoms with E-state index in [0.717, 1.165) is 5.56 Å². The quantitative estimate of drug-likeness (QED) is 0.525. The third kappa shape index (κ3) is 1.66. The highest BCUT2D eigenvalue weighted by molar-refractivity contribution is 6.32. The Labute approximate surface area is 93.8 Å². The average molecular weight is 219 g/mol. The van der Waals surface area contributed by atoms with E-state index in [1.54, 1.807) is 7.05 Å². The molecule has 0 saturated carbocycles. The zero-order chi connectivity index (χ0) is 11.7. The van der Waals surface area contributed by atoms with Crippen LogP contribution in [0.25, 0.3) is 0 Å². The van der Waals surface area contributed by atoms with Crippen LogP contribution in [0.5, 0.6) is 0 Å². The molecule has 0 aliphatic carbocycles. The Hall–Kier alpha value is -1.84. The Kier molecular flexibility index (Phi) is 2.64. The molecule has 4 heteroatoms. The molecule has 0 spiro atoms. The summed E-state index contributed by atoms with van der Waals surface area (Å²) in [6.07, 6.45) is -0.378. The number of nitrogens with zero attached hydrogens (tertiary/aromatic N) is 1. The van der Waals surface area contributed by atoms with Crippen molar-refractivity contribution in [2.45, 2.75) is 19.1 Å². The van der Waals surface area contributed by atoms with E-state index < -0.39 is 11.9 Å². The van der Waals surface area contributed by atoms with E-state index in [9.17, 15) is 9.59 Å². The molecule has 84 valence electrons. The molecule has 0 aromatic heterocycles. The maximum Gasteiger partial charge on any atom is 0.397 e. The normalized spacial score (nSPS) is 25.5. The number of carbonyl (C=O) groups is 2. The minimum Gasteiger partial charge on any atom is -0.448 e. The number of hydrogen-bond acceptors (Lipinski definition) is 3. The lowest BCUT2D eigenvalue weighted by Crippen LogP contribution is -2.49. The van der Waals surface area contributed by atoms with Gasteiger partial charge in [-0.1, -0.05) is 30.3 Å². The van der Waals surface area contributed by atoms with Crippen molar-refractivity contribution >= 4 is 11.9 Å². The molecule has 0 unspecified atom stereocenters. The van der Waals surface area contributed by atoms with Gasteiger partial charge >= 0.3 is 11.9 Å². The zero-order valence-corrected chi connectivity index (χ0v) is 9.21. The van der Waals surface area contributed by atoms with Gasteiger partial charge in [-0.2, -0.15) is 0 Å². The highest BCUT2D eigenvalue weighted by Gasteiger charge is 2.38. The molecule has 1 saturated heterocycles. The van der Waals surface area contributed by atoms with Gasteiger partial charge in [0.05, 0.1) is 6.04 Å². The van der Waals surface area contributed by atoms with E-state index in [4.69, 9.17) is 4.74 Å². The second kappa shape index (κ2) is 3.96. The van der Waals surface area contributed by atoms with E-state index in [0.29, 0.717) is 0 Å². The topological polar surface area (TPSA) is 46.6 Å². The highest BCUT2D eigenvalue weighted by Crippen LogP contribution is 2.28. The van der Waals surface area contributed by atoms with Crippen LogP contribution in [0.4, 0.5) is 0 Å². The third-order valence-electron chi connectivity index (χ3n) is 2.91. The van der Waals surface area contributed by atoms with Crippen LogP contribution in [-0.2, 0) is 14.3 Å². The van der Waals surface area contributed by atoms with E-state index in [-0.39, 0.29) is 12.1 Å². The van der Waals surface area contributed by atoms with Gasteiger partial charge in [-0.3, -0.25) is 4.79 Å². The molecule has 1 aliphatic heterocycles. The summed E-state index contributed by atoms with van der Waals surface area (Å²) in [5.41, 5.74) is 0.905. The molecule has 1 fully saturated rings. The van der Waals surface area contributed by atoms with Gasteiger partial charge in [0.15, 0.2) is 0 Å². The van der Waals surface area contributed by atoms with Crippen molar-refractivity contribution in [3.05, 3.63) is 35.9 Å². The number of esters is 1. The first-order valence-electron chi connectivity index (χ1n) is 5.14. The number of hydrogen-bond donors (Lipinski definition) is 0. The van der Waals surface area contributed by atoms with Crippen LogP contribution >= 0.6 is 0 Å². The minimum absolute atomic E-state index is 0.146. The number of morpholine rings is 1. The van der Waals surface area contributed by atoms with E-state index in [1.807, 2.05) is 37.3 Å². The molecule has 4 nitrogen and oxygen atoms in total. The molecule has 1 aliphatic rings. The van der Waals surface area contributed by atoms with Crippen molar-refractivity contribution in [1.82, 2.24) is 4.90 Å². The maximum atomic E-state index is 11.4. The lowest BCUT2D eigenvalue weighted by atomic mass is 10.0. The maximum absolute atomic E-state index is 11.4. The van der Waals surface area contributed by atoms with Gasteiger partial charge in [-0.25, -0.2) is 4.79 Å². The summed E-state index contributed by atoms with van der Waals surface area (Å²) in [6.45, 7) is 1.86. The Morgan fingerprint density at radius 2 is 1.81 bits per heavy atom. The minimum atomic E-state index is -0.783. The number of cyclic esters (lactones) is 1. The Morgan fingerprint density at radius 3 is 2.44 bits per heavy atom. The summed E-state index contributed by atoms with van der Waals surface area (Å²) in [7, 11) is 1.61. The molecular weight excluding hydrogens is 206 g/mol. The average Bonchev–Trinajstić information content (AvgIpc) is 2.32. The first kappa shape index (κ1) is 10.7. The zero-order valence-electron chi connectivity index (χ0n) is 9.21. The molecule has 0 bridgehead atoms. The van der Waals surface area contributed by atoms with Crippen molar-refractivity contribution in [2.75, 3.05) is 7.05 Å². The van der Waals surface area contributed by atoms with Crippen LogP contribution in [0.1, 0.15) is 18.6 Å². The van der Waals surface area contributed by atoms with Crippen molar-refractivity contribution in [3.8, 4) is 0 Å². The van der Waals surface area contributed by atoms with Crippen LogP contribution in [0, 0.1) is 0 Å². The molecule has 0 radical (unpaired) electrons. The molecular formula is C12H13NO3. The summed E-state index contributed by atoms with van der Waals surface area (Å²) in [4.78, 5) is 24.1. The van der Waals surface area contributed by atoms with Crippen LogP contribution in [0.15, 0.2) is 30.3 Å². The van der Waals surface area contributed by atoms with Crippen LogP contribution in [-0.4, -0.2) is 29.9 Å². The number of likely N-dealkylation sites (N-methyl/N-ethyl adjacent to an activating group) is 1. The summed E-state index contributed by atoms with van der Waals surface area (Å²) in [5, 5.41) is 0. The molecule has 1 amide bonds. The predicted molar refractivity (Wildman–Crippen MR) is 57.5 cm³/mol. The summed E-state index contributed by atoms with van der Waals surface area (Å²) < 4.78 is 5.14. The van der Waals surface area contributed by atoms with Gasteiger partial charge in [0.2, 0.25) is 0 Å². The van der Waals surface area contributed by atoms with Crippen molar-refractivity contribution < 1.29 is 14.3 Å². The van der Waals surface area contributed by atoms with Gasteiger partial charge in [0.25, 0.3) is 0 Å². The fraction of sp³-hybridized carbons (Fsp3) is 0.333. The summed E-state index contributed by atoms with van der Waals surface area (Å²) in [5.74, 6) is -1.37. The first-order chi connectivity index (χ1) is 7.61. The summed E-state index contributed by atoms with van der Waals surface area (Å²) >= 11 is 0. The lowest BCUT2D eigenvalue weighted by molar-refractivity contribution is -0.176. The Balaban J connectivity index is 2.30. The lowest BCUT2D eigenvalue weighted by Gasteiger charge is -2.35. The fourth-order valence-electron chi connectivity index (χ4n) is 1.79. The second-order valence-electron chi connectivity index (χ2n) is 3.89. The summed E-state index contributed by atoms with van der Waals surface area (Å²) in [6, 6.07) is 9.29. The number of benzene rings is 1. The first-order valence-corrected chi connectivity index (χ1v) is 5.14. The monoisotopic (exact) mass is 219 g/mol. The van der Waals surface area contributed by atoms with Gasteiger partial charge < -0.3 is 9.64 Å². The predicted octanol–water partition coefficient (Wildman–Crippen LogP) is 1.13. The highest BCUT2D eigenvalue weighted by atomic mass is 16.6. The molecule has 2 rings (SSSR count). The Morgan fingerprint density at radius 1 is 1.19 bits per heavy atom. The van der Waals surface area contributed by atoms with Gasteiger partial charge in [-0.15, -0.1) is 0 Å². The number of carbonyl (C=O) groups excluding carboxylic acids is 2. The van der Waals surface area contributed by atoms with Crippen molar-refractivity contribution in [1.29, 1.82) is 0 Å². The second-order valence-corrected chi connectivity index (χ2v) is 3.89. The van der Waals surface area contributed by atoms with E-state index in [2.05, 4.69) is 0 Å². The molecule has 0 N–H and O–H groups in total. The molecule has 1 heterocycles. The molecule has 1 aromatic rings. The smallest absolute Gasteiger partial charge is 0.397 e. The van der Waals surface area contributed by atoms with Gasteiger partial charge in [0, 0.05) is 7.05 Å². The molecule has 16 heavy (non-hydrogen) atoms. The Bertz CT molecular complexity index is 416. The van der Waals surface area contributed by atoms with Crippen LogP contribution in [0.2, 0.25) is 0 Å². The SMILES string of the molecule is C[C@@H]1[C@H](c2ccccc2)OC(=O)C(=O)N1C. The van der Waals surface area contributed by atoms with Gasteiger partial charge in [0.1, 0.15) is 6.10 Å². The van der Waals surface area contributed by atoms with Crippen LogP contribution < -0.4 is 0 Å². The third-order valence-corrected chi connectivity index (χ3v) is 2.91. The van der Waals surface area contributed by atoms with Crippen molar-refractivity contribution in [3.63, 3.8) is 0 Å². The largest absolute Gasteiger partial charge is 0.448 e. The number of rotatable bonds is 1. The number of amides is 1. The van der Waals surface area contributed by atoms with E-state index >= 15 is 0 Å².